The van der Waals surface area contributed by atoms with E-state index < -0.39 is 0 Å². The maximum Gasteiger partial charge on any atom is 2.00 e. The van der Waals surface area contributed by atoms with Crippen molar-refractivity contribution in [3.8, 4) is 0 Å². The van der Waals surface area contributed by atoms with E-state index in [0.717, 1.165) is 0 Å². The average Bonchev–Trinajstić information content (AvgIpc) is 2.54. The maximum absolute atomic E-state index is 7.50. The minimum Gasteiger partial charge on any atom is 2.00 e. The third-order valence-electron chi connectivity index (χ3n) is 0. The molecule has 0 aliphatic carbocycles. The molecule has 0 amide bonds. The largest absolute Gasteiger partial charge is 2.00 e. The van der Waals surface area contributed by atoms with Crippen molar-refractivity contribution in [1.29, 1.82) is 0 Å². The normalized spacial score (nSPS) is 0.889. The molecule has 0 heterocycles. The van der Waals surface area contributed by atoms with Gasteiger partial charge < -0.3 is 0 Å². The summed E-state index contributed by atoms with van der Waals surface area (Å²) in [4.78, 5) is 0. The molecule has 94 valence electrons. The second-order valence-electron chi connectivity index (χ2n) is 0. The van der Waals surface area contributed by atoms with E-state index >= 15 is 0 Å². The topological polar surface area (TPSA) is 159 Å². The van der Waals surface area contributed by atoms with E-state index in [0.29, 0.717) is 0 Å². The molecule has 0 atom stereocenters. The van der Waals surface area contributed by atoms with E-state index in [1.807, 2.05) is 0 Å². The minimum atomic E-state index is 0. The van der Waals surface area contributed by atoms with Crippen LogP contribution in [0.1, 0.15) is 0 Å². The molecule has 10 heteroatoms. The standard InChI is InChI=1S/8CO.2Co/c8*1-2;;/q;;;;;;;;2*+2. The van der Waals surface area contributed by atoms with Crippen LogP contribution in [0.15, 0.2) is 0 Å². The van der Waals surface area contributed by atoms with Gasteiger partial charge in [0, 0.05) is 0 Å². The summed E-state index contributed by atoms with van der Waals surface area (Å²) in [5.74, 6) is 0. The molecular weight excluding hydrogens is 342 g/mol. The molecule has 0 aromatic heterocycles. The quantitative estimate of drug-likeness (QED) is 0.418. The Bertz CT molecular complexity index is 135. The van der Waals surface area contributed by atoms with Crippen molar-refractivity contribution < 1.29 is 70.8 Å². The zero-order valence-electron chi connectivity index (χ0n) is 7.93. The smallest absolute Gasteiger partial charge is 2.00 e. The molecule has 0 bridgehead atoms. The Morgan fingerprint density at radius 3 is 0.222 bits per heavy atom. The molecule has 0 N–H and O–H groups in total. The predicted molar refractivity (Wildman–Crippen MR) is 31.4 cm³/mol. The summed E-state index contributed by atoms with van der Waals surface area (Å²) in [6.45, 7) is 36.0. The monoisotopic (exact) mass is 342 g/mol. The summed E-state index contributed by atoms with van der Waals surface area (Å²) in [5.41, 5.74) is 0. The Hall–Kier alpha value is -1.07. The van der Waals surface area contributed by atoms with Gasteiger partial charge in [0.15, 0.2) is 0 Å². The van der Waals surface area contributed by atoms with Crippen LogP contribution in [0.4, 0.5) is 0 Å². The number of rotatable bonds is 0. The van der Waals surface area contributed by atoms with Crippen LogP contribution in [0.3, 0.4) is 0 Å². The summed E-state index contributed by atoms with van der Waals surface area (Å²) in [7, 11) is 0. The van der Waals surface area contributed by atoms with Crippen molar-refractivity contribution in [2.75, 3.05) is 0 Å². The zero-order chi connectivity index (χ0) is 16.0. The van der Waals surface area contributed by atoms with Crippen LogP contribution in [0, 0.1) is 53.2 Å². The molecule has 0 rings (SSSR count). The summed E-state index contributed by atoms with van der Waals surface area (Å²) >= 11 is 0. The Balaban J connectivity index is -0.00000000500. The van der Waals surface area contributed by atoms with Crippen LogP contribution in [-0.4, -0.2) is 0 Å². The fourth-order valence-corrected chi connectivity index (χ4v) is 0. The van der Waals surface area contributed by atoms with Gasteiger partial charge in [-0.15, -0.1) is 0 Å². The fourth-order valence-electron chi connectivity index (χ4n) is 0. The predicted octanol–water partition coefficient (Wildman–Crippen LogP) is -0.305. The zero-order valence-corrected chi connectivity index (χ0v) is 10.0. The minimum absolute atomic E-state index is 0. The van der Waals surface area contributed by atoms with Crippen molar-refractivity contribution in [1.82, 2.24) is 0 Å². The van der Waals surface area contributed by atoms with Crippen molar-refractivity contribution in [3.63, 3.8) is 0 Å². The molecule has 18 heavy (non-hydrogen) atoms. The summed E-state index contributed by atoms with van der Waals surface area (Å²) in [6, 6.07) is 0. The number of hydrogen-bond donors (Lipinski definition) is 0. The Labute approximate surface area is 124 Å². The Morgan fingerprint density at radius 2 is 0.222 bits per heavy atom. The first-order valence-corrected chi connectivity index (χ1v) is 1.63. The van der Waals surface area contributed by atoms with Crippen LogP contribution >= 0.6 is 0 Å². The first-order valence-electron chi connectivity index (χ1n) is 1.63. The molecule has 0 saturated carbocycles. The van der Waals surface area contributed by atoms with Gasteiger partial charge in [0.1, 0.15) is 0 Å². The van der Waals surface area contributed by atoms with Gasteiger partial charge in [0.25, 0.3) is 0 Å². The third-order valence-corrected chi connectivity index (χ3v) is 0. The van der Waals surface area contributed by atoms with Crippen molar-refractivity contribution in [2.45, 2.75) is 0 Å². The van der Waals surface area contributed by atoms with Gasteiger partial charge >= 0.3 is 124 Å². The second kappa shape index (κ2) is 3120. The molecule has 2 radical (unpaired) electrons. The van der Waals surface area contributed by atoms with Crippen molar-refractivity contribution in [3.05, 3.63) is 53.2 Å². The fraction of sp³-hybridized carbons (Fsp3) is 0. The number of hydrogen-bond acceptors (Lipinski definition) is 0. The van der Waals surface area contributed by atoms with Crippen molar-refractivity contribution in [2.24, 2.45) is 0 Å². The van der Waals surface area contributed by atoms with E-state index in [1.54, 1.807) is 0 Å². The van der Waals surface area contributed by atoms with Gasteiger partial charge in [-0.2, -0.15) is 0 Å². The average molecular weight is 342 g/mol. The molecule has 0 aromatic rings. The first kappa shape index (κ1) is 89.4. The molecule has 0 aliphatic heterocycles. The molecule has 0 spiro atoms. The summed E-state index contributed by atoms with van der Waals surface area (Å²) in [5, 5.41) is 0. The van der Waals surface area contributed by atoms with Gasteiger partial charge in [0.2, 0.25) is 0 Å². The molecule has 8 nitrogen and oxygen atoms in total. The summed E-state index contributed by atoms with van der Waals surface area (Å²) in [6.07, 6.45) is 0. The molecule has 0 aromatic carbocycles. The summed E-state index contributed by atoms with van der Waals surface area (Å²) < 4.78 is 60.0. The van der Waals surface area contributed by atoms with Gasteiger partial charge in [0.05, 0.1) is 0 Å². The Morgan fingerprint density at radius 1 is 0.222 bits per heavy atom. The van der Waals surface area contributed by atoms with Gasteiger partial charge in [-0.3, -0.25) is 0 Å². The second-order valence-corrected chi connectivity index (χ2v) is 0. The molecule has 0 unspecified atom stereocenters. The Kier molecular flexibility index (Phi) is 15500. The van der Waals surface area contributed by atoms with Gasteiger partial charge in [-0.1, -0.05) is 0 Å². The van der Waals surface area contributed by atoms with E-state index in [4.69, 9.17) is 37.2 Å². The molecule has 0 fully saturated rings. The van der Waals surface area contributed by atoms with Crippen LogP contribution in [0.2, 0.25) is 0 Å². The first-order chi connectivity index (χ1) is 8.00. The van der Waals surface area contributed by atoms with Gasteiger partial charge in [-0.25, -0.2) is 0 Å². The van der Waals surface area contributed by atoms with Crippen LogP contribution in [0.25, 0.3) is 0 Å². The van der Waals surface area contributed by atoms with Crippen LogP contribution in [-0.2, 0) is 70.8 Å². The third kappa shape index (κ3) is 2550. The van der Waals surface area contributed by atoms with Crippen molar-refractivity contribution >= 4 is 0 Å². The van der Waals surface area contributed by atoms with Crippen LogP contribution < -0.4 is 0 Å². The van der Waals surface area contributed by atoms with E-state index in [2.05, 4.69) is 53.2 Å². The van der Waals surface area contributed by atoms with E-state index in [1.165, 1.54) is 0 Å². The SMILES string of the molecule is [C-]#[O+].[C-]#[O+].[C-]#[O+].[C-]#[O+].[C-]#[O+].[C-]#[O+].[C-]#[O+].[C-]#[O+].[Co+2].[Co+2]. The maximum atomic E-state index is 7.50. The van der Waals surface area contributed by atoms with Gasteiger partial charge in [-0.05, 0) is 0 Å². The van der Waals surface area contributed by atoms with E-state index in [9.17, 15) is 0 Å². The molecule has 0 aliphatic rings. The van der Waals surface area contributed by atoms with E-state index in [-0.39, 0.29) is 33.6 Å². The molecule has 0 saturated heterocycles. The van der Waals surface area contributed by atoms with Crippen LogP contribution in [0.5, 0.6) is 0 Å². The molecular formula is C8Co2O8+4.